The maximum atomic E-state index is 13.0. The van der Waals surface area contributed by atoms with Gasteiger partial charge < -0.3 is 18.9 Å². The number of methoxy groups -OCH3 is 1. The van der Waals surface area contributed by atoms with Crippen molar-refractivity contribution in [1.29, 1.82) is 0 Å². The zero-order chi connectivity index (χ0) is 23.0. The number of hydrogen-bond acceptors (Lipinski definition) is 7. The van der Waals surface area contributed by atoms with E-state index in [9.17, 15) is 18.8 Å². The molecular weight excluding hydrogens is 409 g/mol. The van der Waals surface area contributed by atoms with Crippen LogP contribution < -0.4 is 9.47 Å². The molecule has 0 N–H and O–H groups in total. The number of rotatable bonds is 7. The van der Waals surface area contributed by atoms with Crippen LogP contribution in [-0.2, 0) is 19.1 Å². The summed E-state index contributed by atoms with van der Waals surface area (Å²) in [6.45, 7) is 4.80. The van der Waals surface area contributed by atoms with Crippen LogP contribution in [0.4, 0.5) is 9.18 Å². The van der Waals surface area contributed by atoms with E-state index in [1.165, 1.54) is 24.3 Å². The third kappa shape index (κ3) is 6.43. The Labute approximate surface area is 179 Å². The number of imide groups is 1. The van der Waals surface area contributed by atoms with Gasteiger partial charge in [0.2, 0.25) is 0 Å². The highest BCUT2D eigenvalue weighted by atomic mass is 19.1. The molecule has 0 heterocycles. The van der Waals surface area contributed by atoms with Crippen LogP contribution in [0, 0.1) is 5.82 Å². The van der Waals surface area contributed by atoms with Crippen molar-refractivity contribution in [3.8, 4) is 17.2 Å². The highest BCUT2D eigenvalue weighted by Crippen LogP contribution is 2.25. The Morgan fingerprint density at radius 2 is 1.45 bits per heavy atom. The highest BCUT2D eigenvalue weighted by molar-refractivity contribution is 6.35. The summed E-state index contributed by atoms with van der Waals surface area (Å²) in [5.74, 6) is -1.26. The molecule has 9 heteroatoms. The predicted octanol–water partition coefficient (Wildman–Crippen LogP) is 3.93. The van der Waals surface area contributed by atoms with Gasteiger partial charge in [0.05, 0.1) is 19.8 Å². The van der Waals surface area contributed by atoms with Crippen molar-refractivity contribution < 1.29 is 37.7 Å². The molecule has 0 saturated carbocycles. The Kier molecular flexibility index (Phi) is 8.36. The minimum atomic E-state index is -1.19. The van der Waals surface area contributed by atoms with Crippen LogP contribution in [0.2, 0.25) is 0 Å². The second kappa shape index (κ2) is 11.0. The lowest BCUT2D eigenvalue weighted by Gasteiger charge is -2.30. The van der Waals surface area contributed by atoms with Gasteiger partial charge in [-0.2, -0.15) is 0 Å². The predicted molar refractivity (Wildman–Crippen MR) is 108 cm³/mol. The van der Waals surface area contributed by atoms with E-state index in [-0.39, 0.29) is 12.4 Å². The Balaban J connectivity index is 2.07. The van der Waals surface area contributed by atoms with Crippen LogP contribution in [-0.4, -0.2) is 48.7 Å². The molecular formula is C22H24FNO7. The van der Waals surface area contributed by atoms with Crippen molar-refractivity contribution in [3.63, 3.8) is 0 Å². The number of carbonyl (C=O) groups excluding carboxylic acids is 3. The second-order valence-electron chi connectivity index (χ2n) is 6.46. The summed E-state index contributed by atoms with van der Waals surface area (Å²) in [6.07, 6.45) is -1.65. The molecule has 166 valence electrons. The Morgan fingerprint density at radius 1 is 0.935 bits per heavy atom. The van der Waals surface area contributed by atoms with Crippen LogP contribution in [0.15, 0.2) is 48.5 Å². The quantitative estimate of drug-likeness (QED) is 0.483. The van der Waals surface area contributed by atoms with Crippen molar-refractivity contribution in [2.24, 2.45) is 0 Å². The molecule has 0 aromatic heterocycles. The van der Waals surface area contributed by atoms with Gasteiger partial charge in [0, 0.05) is 0 Å². The molecule has 2 amide bonds. The van der Waals surface area contributed by atoms with E-state index in [2.05, 4.69) is 4.74 Å². The lowest BCUT2D eigenvalue weighted by Crippen LogP contribution is -2.52. The SMILES string of the molecule is CCOC(=O)N(C(=O)C(=O)OC)C(C)C(C)Oc1ccc(Oc2ccc(F)cc2)cc1. The molecule has 0 aliphatic heterocycles. The third-order valence-corrected chi connectivity index (χ3v) is 4.32. The van der Waals surface area contributed by atoms with Crippen molar-refractivity contribution in [3.05, 3.63) is 54.3 Å². The maximum Gasteiger partial charge on any atom is 0.417 e. The first-order valence-electron chi connectivity index (χ1n) is 9.55. The standard InChI is InChI=1S/C22H24FNO7/c1-5-29-22(27)24(20(25)21(26)28-4)14(2)15(3)30-17-10-12-19(13-11-17)31-18-8-6-16(23)7-9-18/h6-15H,5H2,1-4H3. The monoisotopic (exact) mass is 433 g/mol. The van der Waals surface area contributed by atoms with Gasteiger partial charge in [0.15, 0.2) is 0 Å². The molecule has 0 saturated heterocycles. The molecule has 0 bridgehead atoms. The first-order valence-corrected chi connectivity index (χ1v) is 9.55. The van der Waals surface area contributed by atoms with E-state index in [0.29, 0.717) is 22.1 Å². The summed E-state index contributed by atoms with van der Waals surface area (Å²) in [5.41, 5.74) is 0. The zero-order valence-corrected chi connectivity index (χ0v) is 17.7. The molecule has 2 aromatic rings. The summed E-state index contributed by atoms with van der Waals surface area (Å²) in [7, 11) is 1.05. The van der Waals surface area contributed by atoms with Gasteiger partial charge in [-0.1, -0.05) is 0 Å². The first-order chi connectivity index (χ1) is 14.8. The molecule has 2 rings (SSSR count). The van der Waals surface area contributed by atoms with Gasteiger partial charge >= 0.3 is 18.0 Å². The largest absolute Gasteiger partial charge is 0.489 e. The smallest absolute Gasteiger partial charge is 0.417 e. The molecule has 0 radical (unpaired) electrons. The molecule has 31 heavy (non-hydrogen) atoms. The minimum Gasteiger partial charge on any atom is -0.489 e. The van der Waals surface area contributed by atoms with Crippen LogP contribution in [0.1, 0.15) is 20.8 Å². The molecule has 8 nitrogen and oxygen atoms in total. The fraction of sp³-hybridized carbons (Fsp3) is 0.318. The van der Waals surface area contributed by atoms with Crippen LogP contribution in [0.25, 0.3) is 0 Å². The lowest BCUT2D eigenvalue weighted by molar-refractivity contribution is -0.158. The molecule has 2 aromatic carbocycles. The summed E-state index contributed by atoms with van der Waals surface area (Å²) in [6, 6.07) is 11.3. The lowest BCUT2D eigenvalue weighted by atomic mass is 10.1. The van der Waals surface area contributed by atoms with E-state index in [4.69, 9.17) is 14.2 Å². The van der Waals surface area contributed by atoms with Gasteiger partial charge in [-0.3, -0.25) is 4.79 Å². The van der Waals surface area contributed by atoms with Crippen molar-refractivity contribution in [1.82, 2.24) is 4.90 Å². The Hall–Kier alpha value is -3.62. The van der Waals surface area contributed by atoms with Crippen LogP contribution >= 0.6 is 0 Å². The third-order valence-electron chi connectivity index (χ3n) is 4.32. The van der Waals surface area contributed by atoms with Gasteiger partial charge in [-0.25, -0.2) is 18.9 Å². The van der Waals surface area contributed by atoms with Crippen molar-refractivity contribution >= 4 is 18.0 Å². The molecule has 2 atom stereocenters. The minimum absolute atomic E-state index is 0.0290. The van der Waals surface area contributed by atoms with Gasteiger partial charge in [0.25, 0.3) is 0 Å². The van der Waals surface area contributed by atoms with E-state index in [1.807, 2.05) is 0 Å². The highest BCUT2D eigenvalue weighted by Gasteiger charge is 2.36. The molecule has 0 aliphatic carbocycles. The van der Waals surface area contributed by atoms with Gasteiger partial charge in [0.1, 0.15) is 29.2 Å². The number of ether oxygens (including phenoxy) is 4. The number of esters is 1. The maximum absolute atomic E-state index is 13.0. The number of amides is 2. The molecule has 0 spiro atoms. The number of benzene rings is 2. The topological polar surface area (TPSA) is 91.4 Å². The van der Waals surface area contributed by atoms with Crippen molar-refractivity contribution in [2.75, 3.05) is 13.7 Å². The number of nitrogens with zero attached hydrogens (tertiary/aromatic N) is 1. The van der Waals surface area contributed by atoms with E-state index >= 15 is 0 Å². The van der Waals surface area contributed by atoms with Crippen molar-refractivity contribution in [2.45, 2.75) is 32.9 Å². The normalized spacial score (nSPS) is 12.3. The van der Waals surface area contributed by atoms with E-state index < -0.39 is 30.1 Å². The fourth-order valence-corrected chi connectivity index (χ4v) is 2.56. The Morgan fingerprint density at radius 3 is 1.97 bits per heavy atom. The van der Waals surface area contributed by atoms with Gasteiger partial charge in [-0.15, -0.1) is 0 Å². The summed E-state index contributed by atoms with van der Waals surface area (Å²) < 4.78 is 33.7. The van der Waals surface area contributed by atoms with Crippen LogP contribution in [0.3, 0.4) is 0 Å². The molecule has 2 unspecified atom stereocenters. The fourth-order valence-electron chi connectivity index (χ4n) is 2.56. The summed E-state index contributed by atoms with van der Waals surface area (Å²) in [5, 5.41) is 0. The van der Waals surface area contributed by atoms with E-state index in [0.717, 1.165) is 7.11 Å². The average Bonchev–Trinajstić information content (AvgIpc) is 2.76. The van der Waals surface area contributed by atoms with Gasteiger partial charge in [-0.05, 0) is 69.3 Å². The summed E-state index contributed by atoms with van der Waals surface area (Å²) in [4.78, 5) is 36.8. The number of halogens is 1. The van der Waals surface area contributed by atoms with E-state index in [1.54, 1.807) is 45.0 Å². The average molecular weight is 433 g/mol. The number of carbonyl (C=O) groups is 3. The zero-order valence-electron chi connectivity index (χ0n) is 17.7. The Bertz CT molecular complexity index is 899. The first kappa shape index (κ1) is 23.7. The molecule has 0 aliphatic rings. The molecule has 0 fully saturated rings. The van der Waals surface area contributed by atoms with Crippen LogP contribution in [0.5, 0.6) is 17.2 Å². The number of hydrogen-bond donors (Lipinski definition) is 0. The second-order valence-corrected chi connectivity index (χ2v) is 6.46. The summed E-state index contributed by atoms with van der Waals surface area (Å²) >= 11 is 0.